The second kappa shape index (κ2) is 3.75. The Morgan fingerprint density at radius 2 is 2.12 bits per heavy atom. The normalized spacial score (nSPS) is 30.9. The largest absolute Gasteiger partial charge is 0.465 e. The molecule has 1 aliphatic rings. The third kappa shape index (κ3) is 1.81. The first-order valence-corrected chi connectivity index (χ1v) is 5.74. The van der Waals surface area contributed by atoms with E-state index in [0.29, 0.717) is 18.7 Å². The number of carboxylic acid groups (broad SMARTS) is 1. The standard InChI is InChI=1S/C12H22N2O2/c1-6-12(5)9(13)8(11(2,3)4)7-14(12)10(15)16/h8,13H,6-7H2,1-5H3,(H,15,16). The van der Waals surface area contributed by atoms with Gasteiger partial charge in [0, 0.05) is 18.2 Å². The van der Waals surface area contributed by atoms with Crippen LogP contribution in [-0.4, -0.2) is 33.9 Å². The van der Waals surface area contributed by atoms with Crippen molar-refractivity contribution in [2.45, 2.75) is 46.6 Å². The number of hydrogen-bond donors (Lipinski definition) is 2. The lowest BCUT2D eigenvalue weighted by atomic mass is 9.75. The molecule has 0 aromatic carbocycles. The molecule has 16 heavy (non-hydrogen) atoms. The first-order valence-electron chi connectivity index (χ1n) is 5.74. The summed E-state index contributed by atoms with van der Waals surface area (Å²) >= 11 is 0. The fraction of sp³-hybridized carbons (Fsp3) is 0.833. The van der Waals surface area contributed by atoms with Crippen molar-refractivity contribution in [3.63, 3.8) is 0 Å². The first kappa shape index (κ1) is 13.0. The van der Waals surface area contributed by atoms with Gasteiger partial charge in [-0.05, 0) is 18.8 Å². The van der Waals surface area contributed by atoms with E-state index >= 15 is 0 Å². The molecular formula is C12H22N2O2. The van der Waals surface area contributed by atoms with Crippen molar-refractivity contribution in [2.75, 3.05) is 6.54 Å². The smallest absolute Gasteiger partial charge is 0.408 e. The summed E-state index contributed by atoms with van der Waals surface area (Å²) in [5.41, 5.74) is -0.119. The lowest BCUT2D eigenvalue weighted by molar-refractivity contribution is 0.115. The number of hydrogen-bond acceptors (Lipinski definition) is 2. The van der Waals surface area contributed by atoms with Crippen LogP contribution in [0, 0.1) is 16.7 Å². The SMILES string of the molecule is CCC1(C)C(=N)C(C(C)(C)C)CN1C(=O)O. The second-order valence-corrected chi connectivity index (χ2v) is 5.85. The van der Waals surface area contributed by atoms with Crippen LogP contribution in [-0.2, 0) is 0 Å². The van der Waals surface area contributed by atoms with Gasteiger partial charge < -0.3 is 10.5 Å². The molecule has 1 heterocycles. The van der Waals surface area contributed by atoms with Gasteiger partial charge in [-0.2, -0.15) is 0 Å². The van der Waals surface area contributed by atoms with Gasteiger partial charge in [0.2, 0.25) is 0 Å². The van der Waals surface area contributed by atoms with Gasteiger partial charge in [0.05, 0.1) is 5.54 Å². The van der Waals surface area contributed by atoms with E-state index in [2.05, 4.69) is 20.8 Å². The van der Waals surface area contributed by atoms with E-state index in [1.165, 1.54) is 4.90 Å². The van der Waals surface area contributed by atoms with Gasteiger partial charge in [-0.15, -0.1) is 0 Å². The molecule has 2 atom stereocenters. The summed E-state index contributed by atoms with van der Waals surface area (Å²) in [5.74, 6) is 0.0218. The van der Waals surface area contributed by atoms with Crippen molar-refractivity contribution >= 4 is 11.8 Å². The summed E-state index contributed by atoms with van der Waals surface area (Å²) < 4.78 is 0. The summed E-state index contributed by atoms with van der Waals surface area (Å²) in [5, 5.41) is 17.4. The summed E-state index contributed by atoms with van der Waals surface area (Å²) in [4.78, 5) is 12.6. The number of likely N-dealkylation sites (tertiary alicyclic amines) is 1. The van der Waals surface area contributed by atoms with Crippen LogP contribution in [0.25, 0.3) is 0 Å². The molecule has 1 aliphatic heterocycles. The van der Waals surface area contributed by atoms with Crippen molar-refractivity contribution in [1.82, 2.24) is 4.90 Å². The molecule has 2 N–H and O–H groups in total. The Morgan fingerprint density at radius 3 is 2.38 bits per heavy atom. The maximum Gasteiger partial charge on any atom is 0.408 e. The molecular weight excluding hydrogens is 204 g/mol. The number of carbonyl (C=O) groups is 1. The minimum Gasteiger partial charge on any atom is -0.465 e. The Labute approximate surface area is 97.1 Å². The molecule has 1 fully saturated rings. The molecule has 0 spiro atoms. The summed E-state index contributed by atoms with van der Waals surface area (Å²) in [6, 6.07) is 0. The van der Waals surface area contributed by atoms with Gasteiger partial charge in [-0.3, -0.25) is 4.90 Å². The Bertz CT molecular complexity index is 319. The van der Waals surface area contributed by atoms with E-state index in [0.717, 1.165) is 0 Å². The third-order valence-corrected chi connectivity index (χ3v) is 3.85. The predicted octanol–water partition coefficient (Wildman–Crippen LogP) is 2.83. The highest BCUT2D eigenvalue weighted by atomic mass is 16.4. The highest BCUT2D eigenvalue weighted by Crippen LogP contribution is 2.40. The first-order chi connectivity index (χ1) is 7.14. The Morgan fingerprint density at radius 1 is 1.62 bits per heavy atom. The molecule has 2 unspecified atom stereocenters. The maximum atomic E-state index is 11.2. The number of nitrogens with one attached hydrogen (secondary N) is 1. The van der Waals surface area contributed by atoms with Crippen LogP contribution in [0.4, 0.5) is 4.79 Å². The molecule has 0 bridgehead atoms. The van der Waals surface area contributed by atoms with Crippen LogP contribution < -0.4 is 0 Å². The van der Waals surface area contributed by atoms with Crippen LogP contribution in [0.15, 0.2) is 0 Å². The zero-order valence-electron chi connectivity index (χ0n) is 10.8. The van der Waals surface area contributed by atoms with Gasteiger partial charge in [-0.25, -0.2) is 4.79 Å². The minimum absolute atomic E-state index is 0.0218. The van der Waals surface area contributed by atoms with Crippen LogP contribution >= 0.6 is 0 Å². The zero-order valence-corrected chi connectivity index (χ0v) is 10.8. The van der Waals surface area contributed by atoms with Gasteiger partial charge in [0.15, 0.2) is 0 Å². The Kier molecular flexibility index (Phi) is 3.05. The fourth-order valence-electron chi connectivity index (χ4n) is 2.37. The van der Waals surface area contributed by atoms with E-state index in [9.17, 15) is 9.90 Å². The highest BCUT2D eigenvalue weighted by molar-refractivity contribution is 5.98. The van der Waals surface area contributed by atoms with Crippen molar-refractivity contribution in [2.24, 2.45) is 11.3 Å². The van der Waals surface area contributed by atoms with Crippen LogP contribution in [0.2, 0.25) is 0 Å². The summed E-state index contributed by atoms with van der Waals surface area (Å²) in [6.45, 7) is 10.4. The topological polar surface area (TPSA) is 64.4 Å². The molecule has 4 nitrogen and oxygen atoms in total. The zero-order chi connectivity index (χ0) is 12.7. The van der Waals surface area contributed by atoms with E-state index in [1.54, 1.807) is 0 Å². The summed E-state index contributed by atoms with van der Waals surface area (Å²) in [7, 11) is 0. The number of amides is 1. The molecule has 92 valence electrons. The Hall–Kier alpha value is -1.06. The molecule has 0 saturated carbocycles. The maximum absolute atomic E-state index is 11.2. The molecule has 0 radical (unpaired) electrons. The van der Waals surface area contributed by atoms with Crippen molar-refractivity contribution in [3.8, 4) is 0 Å². The Balaban J connectivity index is 3.11. The van der Waals surface area contributed by atoms with E-state index in [1.807, 2.05) is 13.8 Å². The average Bonchev–Trinajstić information content (AvgIpc) is 2.40. The van der Waals surface area contributed by atoms with Crippen molar-refractivity contribution < 1.29 is 9.90 Å². The third-order valence-electron chi connectivity index (χ3n) is 3.85. The van der Waals surface area contributed by atoms with Crippen molar-refractivity contribution in [1.29, 1.82) is 5.41 Å². The molecule has 0 aromatic rings. The number of rotatable bonds is 1. The van der Waals surface area contributed by atoms with E-state index in [-0.39, 0.29) is 11.3 Å². The number of nitrogens with zero attached hydrogens (tertiary/aromatic N) is 1. The van der Waals surface area contributed by atoms with E-state index < -0.39 is 11.6 Å². The molecule has 4 heteroatoms. The van der Waals surface area contributed by atoms with Crippen LogP contribution in [0.1, 0.15) is 41.0 Å². The highest BCUT2D eigenvalue weighted by Gasteiger charge is 2.51. The van der Waals surface area contributed by atoms with Gasteiger partial charge >= 0.3 is 6.09 Å². The molecule has 0 aromatic heterocycles. The van der Waals surface area contributed by atoms with E-state index in [4.69, 9.17) is 5.41 Å². The molecule has 0 aliphatic carbocycles. The summed E-state index contributed by atoms with van der Waals surface area (Å²) in [6.07, 6.45) is -0.258. The van der Waals surface area contributed by atoms with Gasteiger partial charge in [0.1, 0.15) is 0 Å². The monoisotopic (exact) mass is 226 g/mol. The predicted molar refractivity (Wildman–Crippen MR) is 64.1 cm³/mol. The lowest BCUT2D eigenvalue weighted by Crippen LogP contribution is -2.47. The molecule has 1 amide bonds. The van der Waals surface area contributed by atoms with Crippen LogP contribution in [0.5, 0.6) is 0 Å². The van der Waals surface area contributed by atoms with Crippen molar-refractivity contribution in [3.05, 3.63) is 0 Å². The van der Waals surface area contributed by atoms with Gasteiger partial charge in [0.25, 0.3) is 0 Å². The average molecular weight is 226 g/mol. The lowest BCUT2D eigenvalue weighted by Gasteiger charge is -2.32. The second-order valence-electron chi connectivity index (χ2n) is 5.85. The molecule has 1 saturated heterocycles. The quantitative estimate of drug-likeness (QED) is 0.722. The van der Waals surface area contributed by atoms with Gasteiger partial charge in [-0.1, -0.05) is 27.7 Å². The minimum atomic E-state index is -0.916. The fourth-order valence-corrected chi connectivity index (χ4v) is 2.37. The van der Waals surface area contributed by atoms with Crippen LogP contribution in [0.3, 0.4) is 0 Å². The molecule has 1 rings (SSSR count).